The zero-order valence-corrected chi connectivity index (χ0v) is 13.0. The molecule has 1 aromatic rings. The monoisotopic (exact) mass is 300 g/mol. The molecule has 0 aliphatic heterocycles. The fourth-order valence-corrected chi connectivity index (χ4v) is 2.63. The molecule has 112 valence electrons. The molecule has 0 radical (unpaired) electrons. The third-order valence-corrected chi connectivity index (χ3v) is 4.23. The van der Waals surface area contributed by atoms with Crippen LogP contribution in [0.3, 0.4) is 0 Å². The molecule has 0 heterocycles. The Labute approximate surface area is 119 Å². The van der Waals surface area contributed by atoms with Gasteiger partial charge in [-0.3, -0.25) is 9.52 Å². The van der Waals surface area contributed by atoms with Crippen LogP contribution in [0.15, 0.2) is 18.2 Å². The summed E-state index contributed by atoms with van der Waals surface area (Å²) in [5.41, 5.74) is 2.45. The van der Waals surface area contributed by atoms with Gasteiger partial charge in [0.2, 0.25) is 0 Å². The number of carbonyl (C=O) groups is 1. The number of nitrogens with zero attached hydrogens (tertiary/aromatic N) is 1. The van der Waals surface area contributed by atoms with Gasteiger partial charge in [-0.2, -0.15) is 12.7 Å². The lowest BCUT2D eigenvalue weighted by Gasteiger charge is -2.18. The maximum atomic E-state index is 12.1. The van der Waals surface area contributed by atoms with Crippen molar-refractivity contribution in [3.05, 3.63) is 29.3 Å². The van der Waals surface area contributed by atoms with E-state index in [1.807, 2.05) is 19.9 Å². The number of hydrogen-bond donors (Lipinski definition) is 1. The van der Waals surface area contributed by atoms with Crippen molar-refractivity contribution in [3.8, 4) is 0 Å². The Hall–Kier alpha value is -1.60. The first-order valence-electron chi connectivity index (χ1n) is 6.14. The number of esters is 1. The van der Waals surface area contributed by atoms with Crippen molar-refractivity contribution < 1.29 is 17.9 Å². The van der Waals surface area contributed by atoms with Crippen LogP contribution < -0.4 is 4.72 Å². The zero-order chi connectivity index (χ0) is 15.3. The summed E-state index contributed by atoms with van der Waals surface area (Å²) in [6.45, 7) is 3.85. The molecule has 0 aliphatic carbocycles. The molecule has 0 spiro atoms. The smallest absolute Gasteiger partial charge is 0.306 e. The van der Waals surface area contributed by atoms with Crippen molar-refractivity contribution in [3.63, 3.8) is 0 Å². The Kier molecular flexibility index (Phi) is 5.52. The summed E-state index contributed by atoms with van der Waals surface area (Å²) in [5.74, 6) is -0.446. The normalized spacial score (nSPS) is 11.4. The van der Waals surface area contributed by atoms with E-state index >= 15 is 0 Å². The molecule has 1 N–H and O–H groups in total. The molecule has 0 saturated heterocycles. The molecular weight excluding hydrogens is 280 g/mol. The van der Waals surface area contributed by atoms with Crippen molar-refractivity contribution in [2.75, 3.05) is 25.4 Å². The Bertz CT molecular complexity index is 564. The van der Waals surface area contributed by atoms with Crippen LogP contribution in [0.4, 0.5) is 5.69 Å². The second-order valence-electron chi connectivity index (χ2n) is 4.63. The van der Waals surface area contributed by atoms with Crippen LogP contribution >= 0.6 is 0 Å². The summed E-state index contributed by atoms with van der Waals surface area (Å²) in [6.07, 6.45) is 0.0146. The summed E-state index contributed by atoms with van der Waals surface area (Å²) in [6, 6.07) is 5.45. The highest BCUT2D eigenvalue weighted by atomic mass is 32.2. The van der Waals surface area contributed by atoms with E-state index < -0.39 is 16.2 Å². The van der Waals surface area contributed by atoms with Gasteiger partial charge in [0.15, 0.2) is 0 Å². The maximum Gasteiger partial charge on any atom is 0.306 e. The van der Waals surface area contributed by atoms with E-state index in [4.69, 9.17) is 0 Å². The lowest BCUT2D eigenvalue weighted by atomic mass is 10.1. The number of aryl methyl sites for hydroxylation is 2. The van der Waals surface area contributed by atoms with Gasteiger partial charge in [-0.15, -0.1) is 0 Å². The van der Waals surface area contributed by atoms with Crippen LogP contribution in [0.5, 0.6) is 0 Å². The largest absolute Gasteiger partial charge is 0.469 e. The SMILES string of the molecule is COC(=O)CCN(C)S(=O)(=O)Nc1cc(C)cc(C)c1. The van der Waals surface area contributed by atoms with Gasteiger partial charge in [0.1, 0.15) is 0 Å². The van der Waals surface area contributed by atoms with Crippen molar-refractivity contribution in [2.45, 2.75) is 20.3 Å². The molecule has 0 aliphatic rings. The van der Waals surface area contributed by atoms with Gasteiger partial charge in [0, 0.05) is 13.6 Å². The fourth-order valence-electron chi connectivity index (χ4n) is 1.73. The number of benzene rings is 1. The average Bonchev–Trinajstić information content (AvgIpc) is 2.33. The number of rotatable bonds is 6. The second-order valence-corrected chi connectivity index (χ2v) is 6.41. The van der Waals surface area contributed by atoms with Crippen LogP contribution in [0.2, 0.25) is 0 Å². The van der Waals surface area contributed by atoms with Crippen LogP contribution in [-0.2, 0) is 19.7 Å². The van der Waals surface area contributed by atoms with Gasteiger partial charge in [0.05, 0.1) is 19.2 Å². The van der Waals surface area contributed by atoms with Gasteiger partial charge < -0.3 is 4.74 Å². The molecule has 0 saturated carbocycles. The van der Waals surface area contributed by atoms with E-state index in [0.29, 0.717) is 5.69 Å². The Morgan fingerprint density at radius 3 is 2.30 bits per heavy atom. The van der Waals surface area contributed by atoms with Crippen LogP contribution in [-0.4, -0.2) is 39.4 Å². The van der Waals surface area contributed by atoms with E-state index in [9.17, 15) is 13.2 Å². The highest BCUT2D eigenvalue weighted by Crippen LogP contribution is 2.16. The standard InChI is InChI=1S/C13H20N2O4S/c1-10-7-11(2)9-12(8-10)14-20(17,18)15(3)6-5-13(16)19-4/h7-9,14H,5-6H2,1-4H3. The van der Waals surface area contributed by atoms with Gasteiger partial charge in [-0.25, -0.2) is 0 Å². The molecule has 0 unspecified atom stereocenters. The molecule has 6 nitrogen and oxygen atoms in total. The molecule has 0 fully saturated rings. The second kappa shape index (κ2) is 6.71. The van der Waals surface area contributed by atoms with Crippen molar-refractivity contribution >= 4 is 21.9 Å². The van der Waals surface area contributed by atoms with E-state index in [-0.39, 0.29) is 13.0 Å². The maximum absolute atomic E-state index is 12.1. The van der Waals surface area contributed by atoms with Crippen molar-refractivity contribution in [1.82, 2.24) is 4.31 Å². The van der Waals surface area contributed by atoms with Crippen molar-refractivity contribution in [1.29, 1.82) is 0 Å². The fraction of sp³-hybridized carbons (Fsp3) is 0.462. The number of hydrogen-bond acceptors (Lipinski definition) is 4. The molecule has 0 aromatic heterocycles. The molecule has 0 amide bonds. The van der Waals surface area contributed by atoms with Crippen molar-refractivity contribution in [2.24, 2.45) is 0 Å². The number of nitrogens with one attached hydrogen (secondary N) is 1. The first-order valence-corrected chi connectivity index (χ1v) is 7.58. The molecule has 1 rings (SSSR count). The van der Waals surface area contributed by atoms with Gasteiger partial charge in [-0.1, -0.05) is 6.07 Å². The summed E-state index contributed by atoms with van der Waals surface area (Å²) < 4.78 is 32.2. The van der Waals surface area contributed by atoms with Gasteiger partial charge in [-0.05, 0) is 37.1 Å². The first-order chi connectivity index (χ1) is 9.24. The van der Waals surface area contributed by atoms with Crippen LogP contribution in [0.1, 0.15) is 17.5 Å². The van der Waals surface area contributed by atoms with Gasteiger partial charge >= 0.3 is 16.2 Å². The number of methoxy groups -OCH3 is 1. The molecule has 0 atom stereocenters. The first kappa shape index (κ1) is 16.5. The topological polar surface area (TPSA) is 75.7 Å². The highest BCUT2D eigenvalue weighted by Gasteiger charge is 2.18. The molecular formula is C13H20N2O4S. The van der Waals surface area contributed by atoms with E-state index in [1.165, 1.54) is 14.2 Å². The summed E-state index contributed by atoms with van der Waals surface area (Å²) in [4.78, 5) is 11.0. The third kappa shape index (κ3) is 4.82. The predicted octanol–water partition coefficient (Wildman–Crippen LogP) is 1.46. The summed E-state index contributed by atoms with van der Waals surface area (Å²) in [5, 5.41) is 0. The molecule has 20 heavy (non-hydrogen) atoms. The minimum atomic E-state index is -3.68. The predicted molar refractivity (Wildman–Crippen MR) is 77.7 cm³/mol. The minimum absolute atomic E-state index is 0.0146. The molecule has 7 heteroatoms. The number of ether oxygens (including phenoxy) is 1. The Morgan fingerprint density at radius 2 is 1.80 bits per heavy atom. The van der Waals surface area contributed by atoms with E-state index in [2.05, 4.69) is 9.46 Å². The average molecular weight is 300 g/mol. The molecule has 0 bridgehead atoms. The minimum Gasteiger partial charge on any atom is -0.469 e. The van der Waals surface area contributed by atoms with Gasteiger partial charge in [0.25, 0.3) is 0 Å². The zero-order valence-electron chi connectivity index (χ0n) is 12.1. The molecule has 1 aromatic carbocycles. The summed E-state index contributed by atoms with van der Waals surface area (Å²) in [7, 11) is -0.996. The van der Waals surface area contributed by atoms with E-state index in [0.717, 1.165) is 15.4 Å². The lowest BCUT2D eigenvalue weighted by Crippen LogP contribution is -2.34. The third-order valence-electron chi connectivity index (χ3n) is 2.74. The quantitative estimate of drug-likeness (QED) is 0.807. The Morgan fingerprint density at radius 1 is 1.25 bits per heavy atom. The van der Waals surface area contributed by atoms with Crippen LogP contribution in [0, 0.1) is 13.8 Å². The Balaban J connectivity index is 2.75. The summed E-state index contributed by atoms with van der Waals surface area (Å²) >= 11 is 0. The highest BCUT2D eigenvalue weighted by molar-refractivity contribution is 7.90. The lowest BCUT2D eigenvalue weighted by molar-refractivity contribution is -0.140. The van der Waals surface area contributed by atoms with E-state index in [1.54, 1.807) is 12.1 Å². The van der Waals surface area contributed by atoms with Crippen LogP contribution in [0.25, 0.3) is 0 Å². The number of anilines is 1. The number of carbonyl (C=O) groups excluding carboxylic acids is 1.